The van der Waals surface area contributed by atoms with Crippen LogP contribution in [0.15, 0.2) is 5.38 Å². The van der Waals surface area contributed by atoms with Crippen molar-refractivity contribution in [3.8, 4) is 0 Å². The second-order valence-corrected chi connectivity index (χ2v) is 5.41. The summed E-state index contributed by atoms with van der Waals surface area (Å²) in [6, 6.07) is 0. The molecule has 0 bridgehead atoms. The fourth-order valence-corrected chi connectivity index (χ4v) is 2.40. The quantitative estimate of drug-likeness (QED) is 0.920. The zero-order valence-corrected chi connectivity index (χ0v) is 10.6. The molecule has 1 N–H and O–H groups in total. The normalized spacial score (nSPS) is 17.6. The Kier molecular flexibility index (Phi) is 3.61. The lowest BCUT2D eigenvalue weighted by molar-refractivity contribution is -0.140. The van der Waals surface area contributed by atoms with Crippen LogP contribution in [-0.2, 0) is 17.5 Å². The van der Waals surface area contributed by atoms with Crippen molar-refractivity contribution in [3.63, 3.8) is 0 Å². The first-order chi connectivity index (χ1) is 8.38. The van der Waals surface area contributed by atoms with E-state index in [0.29, 0.717) is 5.92 Å². The summed E-state index contributed by atoms with van der Waals surface area (Å²) in [5.74, 6) is 0.264. The summed E-state index contributed by atoms with van der Waals surface area (Å²) >= 11 is 0.908. The Morgan fingerprint density at radius 2 is 2.28 bits per heavy atom. The highest BCUT2D eigenvalue weighted by atomic mass is 32.1. The standard InChI is InChI=1S/C11H13F3N2OS/c1-6(7-2-3-7)10(17)15-4-9-16-8(5-18-9)11(12,13)14/h5-7H,2-4H2,1H3,(H,15,17)/t6-/m0/s1. The van der Waals surface area contributed by atoms with Crippen molar-refractivity contribution in [1.29, 1.82) is 0 Å². The molecule has 0 radical (unpaired) electrons. The molecule has 1 aromatic heterocycles. The number of hydrogen-bond donors (Lipinski definition) is 1. The molecule has 100 valence electrons. The summed E-state index contributed by atoms with van der Waals surface area (Å²) in [6.45, 7) is 1.91. The molecule has 18 heavy (non-hydrogen) atoms. The molecule has 0 aromatic carbocycles. The van der Waals surface area contributed by atoms with Crippen LogP contribution in [0.2, 0.25) is 0 Å². The second kappa shape index (κ2) is 4.87. The van der Waals surface area contributed by atoms with Crippen molar-refractivity contribution < 1.29 is 18.0 Å². The van der Waals surface area contributed by atoms with Gasteiger partial charge in [0.05, 0.1) is 6.54 Å². The van der Waals surface area contributed by atoms with Crippen LogP contribution in [-0.4, -0.2) is 10.9 Å². The number of nitrogens with one attached hydrogen (secondary N) is 1. The Balaban J connectivity index is 1.86. The van der Waals surface area contributed by atoms with Gasteiger partial charge in [0.15, 0.2) is 5.69 Å². The van der Waals surface area contributed by atoms with Crippen molar-refractivity contribution in [2.45, 2.75) is 32.5 Å². The average Bonchev–Trinajstić information content (AvgIpc) is 3.02. The number of amides is 1. The van der Waals surface area contributed by atoms with E-state index >= 15 is 0 Å². The third kappa shape index (κ3) is 3.22. The number of hydrogen-bond acceptors (Lipinski definition) is 3. The smallest absolute Gasteiger partial charge is 0.349 e. The lowest BCUT2D eigenvalue weighted by atomic mass is 10.1. The number of carbonyl (C=O) groups is 1. The van der Waals surface area contributed by atoms with Crippen LogP contribution in [0, 0.1) is 11.8 Å². The van der Waals surface area contributed by atoms with Crippen LogP contribution in [0.1, 0.15) is 30.5 Å². The third-order valence-corrected chi connectivity index (χ3v) is 3.85. The van der Waals surface area contributed by atoms with E-state index in [-0.39, 0.29) is 23.4 Å². The predicted molar refractivity (Wildman–Crippen MR) is 60.9 cm³/mol. The molecule has 0 unspecified atom stereocenters. The summed E-state index contributed by atoms with van der Waals surface area (Å²) in [4.78, 5) is 15.1. The van der Waals surface area contributed by atoms with Gasteiger partial charge in [-0.25, -0.2) is 4.98 Å². The van der Waals surface area contributed by atoms with Gasteiger partial charge >= 0.3 is 6.18 Å². The fourth-order valence-electron chi connectivity index (χ4n) is 1.66. The van der Waals surface area contributed by atoms with Crippen LogP contribution >= 0.6 is 11.3 Å². The first kappa shape index (κ1) is 13.3. The number of thiazole rings is 1. The molecular formula is C11H13F3N2OS. The molecule has 7 heteroatoms. The highest BCUT2D eigenvalue weighted by Gasteiger charge is 2.34. The Morgan fingerprint density at radius 1 is 1.61 bits per heavy atom. The zero-order valence-electron chi connectivity index (χ0n) is 9.75. The van der Waals surface area contributed by atoms with Gasteiger partial charge in [-0.15, -0.1) is 11.3 Å². The SMILES string of the molecule is C[C@H](C(=O)NCc1nc(C(F)(F)F)cs1)C1CC1. The van der Waals surface area contributed by atoms with Gasteiger partial charge in [0.1, 0.15) is 5.01 Å². The molecule has 2 rings (SSSR count). The van der Waals surface area contributed by atoms with E-state index in [2.05, 4.69) is 10.3 Å². The molecule has 1 aromatic rings. The fraction of sp³-hybridized carbons (Fsp3) is 0.636. The van der Waals surface area contributed by atoms with Gasteiger partial charge in [0.25, 0.3) is 0 Å². The maximum atomic E-state index is 12.3. The van der Waals surface area contributed by atoms with Crippen LogP contribution < -0.4 is 5.32 Å². The molecule has 1 fully saturated rings. The highest BCUT2D eigenvalue weighted by Crippen LogP contribution is 2.36. The number of alkyl halides is 3. The number of aromatic nitrogens is 1. The number of rotatable bonds is 4. The highest BCUT2D eigenvalue weighted by molar-refractivity contribution is 7.09. The van der Waals surface area contributed by atoms with Crippen molar-refractivity contribution in [2.24, 2.45) is 11.8 Å². The summed E-state index contributed by atoms with van der Waals surface area (Å²) < 4.78 is 36.9. The van der Waals surface area contributed by atoms with E-state index in [1.807, 2.05) is 6.92 Å². The van der Waals surface area contributed by atoms with E-state index in [1.54, 1.807) is 0 Å². The van der Waals surface area contributed by atoms with E-state index in [0.717, 1.165) is 29.6 Å². The van der Waals surface area contributed by atoms with Gasteiger partial charge in [-0.2, -0.15) is 13.2 Å². The topological polar surface area (TPSA) is 42.0 Å². The molecule has 1 aliphatic carbocycles. The molecule has 1 atom stereocenters. The predicted octanol–water partition coefficient (Wildman–Crippen LogP) is 2.82. The second-order valence-electron chi connectivity index (χ2n) is 4.47. The van der Waals surface area contributed by atoms with Crippen LogP contribution in [0.4, 0.5) is 13.2 Å². The molecule has 1 saturated carbocycles. The Labute approximate surface area is 106 Å². The molecule has 1 amide bonds. The minimum absolute atomic E-state index is 0.0629. The molecule has 0 spiro atoms. The largest absolute Gasteiger partial charge is 0.434 e. The zero-order chi connectivity index (χ0) is 13.3. The van der Waals surface area contributed by atoms with Crippen molar-refractivity contribution in [3.05, 3.63) is 16.1 Å². The monoisotopic (exact) mass is 278 g/mol. The molecular weight excluding hydrogens is 265 g/mol. The third-order valence-electron chi connectivity index (χ3n) is 3.00. The van der Waals surface area contributed by atoms with E-state index in [4.69, 9.17) is 0 Å². The summed E-state index contributed by atoms with van der Waals surface area (Å²) in [6.07, 6.45) is -2.30. The molecule has 1 aliphatic rings. The Morgan fingerprint density at radius 3 is 2.78 bits per heavy atom. The summed E-state index contributed by atoms with van der Waals surface area (Å²) in [7, 11) is 0. The van der Waals surface area contributed by atoms with Crippen LogP contribution in [0.25, 0.3) is 0 Å². The average molecular weight is 278 g/mol. The first-order valence-corrected chi connectivity index (χ1v) is 6.55. The van der Waals surface area contributed by atoms with E-state index in [1.165, 1.54) is 0 Å². The Hall–Kier alpha value is -1.11. The van der Waals surface area contributed by atoms with Gasteiger partial charge in [-0.1, -0.05) is 6.92 Å². The number of halogens is 3. The molecule has 3 nitrogen and oxygen atoms in total. The number of carbonyl (C=O) groups excluding carboxylic acids is 1. The summed E-state index contributed by atoms with van der Waals surface area (Å²) in [5.41, 5.74) is -0.896. The maximum Gasteiger partial charge on any atom is 0.434 e. The minimum atomic E-state index is -4.42. The van der Waals surface area contributed by atoms with Crippen molar-refractivity contribution >= 4 is 17.2 Å². The molecule has 1 heterocycles. The van der Waals surface area contributed by atoms with Gasteiger partial charge in [-0.3, -0.25) is 4.79 Å². The van der Waals surface area contributed by atoms with Gasteiger partial charge < -0.3 is 5.32 Å². The summed E-state index contributed by atoms with van der Waals surface area (Å²) in [5, 5.41) is 3.87. The van der Waals surface area contributed by atoms with Crippen LogP contribution in [0.3, 0.4) is 0 Å². The van der Waals surface area contributed by atoms with Gasteiger partial charge in [0, 0.05) is 11.3 Å². The first-order valence-electron chi connectivity index (χ1n) is 5.67. The van der Waals surface area contributed by atoms with Crippen molar-refractivity contribution in [1.82, 2.24) is 10.3 Å². The Bertz CT molecular complexity index is 440. The van der Waals surface area contributed by atoms with Gasteiger partial charge in [-0.05, 0) is 18.8 Å². The minimum Gasteiger partial charge on any atom is -0.349 e. The maximum absolute atomic E-state index is 12.3. The number of nitrogens with zero attached hydrogens (tertiary/aromatic N) is 1. The van der Waals surface area contributed by atoms with Gasteiger partial charge in [0.2, 0.25) is 5.91 Å². The lowest BCUT2D eigenvalue weighted by Crippen LogP contribution is -2.29. The van der Waals surface area contributed by atoms with E-state index in [9.17, 15) is 18.0 Å². The van der Waals surface area contributed by atoms with E-state index < -0.39 is 11.9 Å². The van der Waals surface area contributed by atoms with Crippen molar-refractivity contribution in [2.75, 3.05) is 0 Å². The van der Waals surface area contributed by atoms with Crippen LogP contribution in [0.5, 0.6) is 0 Å². The lowest BCUT2D eigenvalue weighted by Gasteiger charge is -2.09. The molecule has 0 aliphatic heterocycles. The molecule has 0 saturated heterocycles.